The Bertz CT molecular complexity index is 585. The number of hydrogen-bond donors (Lipinski definition) is 1. The van der Waals surface area contributed by atoms with Gasteiger partial charge in [-0.25, -0.2) is 18.1 Å². The van der Waals surface area contributed by atoms with Crippen molar-refractivity contribution in [3.05, 3.63) is 17.3 Å². The average molecular weight is 286 g/mol. The van der Waals surface area contributed by atoms with Crippen molar-refractivity contribution in [1.29, 1.82) is 0 Å². The minimum Gasteiger partial charge on any atom is -0.435 e. The summed E-state index contributed by atoms with van der Waals surface area (Å²) in [6.45, 7) is 5.40. The molecule has 0 aromatic carbocycles. The summed E-state index contributed by atoms with van der Waals surface area (Å²) in [6.07, 6.45) is 2.10. The maximum absolute atomic E-state index is 11.9. The van der Waals surface area contributed by atoms with Crippen LogP contribution in [0.3, 0.4) is 0 Å². The first kappa shape index (κ1) is 14.0. The van der Waals surface area contributed by atoms with Crippen LogP contribution >= 0.6 is 0 Å². The fraction of sp³-hybridized carbons (Fsp3) is 0.667. The van der Waals surface area contributed by atoms with Crippen LogP contribution in [0.25, 0.3) is 0 Å². The summed E-state index contributed by atoms with van der Waals surface area (Å²) in [5.74, 6) is -0.275. The highest BCUT2D eigenvalue weighted by Gasteiger charge is 2.34. The third-order valence-electron chi connectivity index (χ3n) is 3.24. The van der Waals surface area contributed by atoms with Gasteiger partial charge in [0.05, 0.1) is 10.9 Å². The first-order valence-electron chi connectivity index (χ1n) is 6.34. The van der Waals surface area contributed by atoms with Crippen LogP contribution < -0.4 is 4.72 Å². The Labute approximate surface area is 112 Å². The molecule has 1 aliphatic carbocycles. The molecule has 1 aromatic rings. The molecule has 1 heterocycles. The van der Waals surface area contributed by atoms with Gasteiger partial charge in [-0.3, -0.25) is 4.79 Å². The maximum Gasteiger partial charge on any atom is 0.302 e. The SMILES string of the molecule is Cc1nc(C(C)C)oc1C(=O)NS(=O)(=O)C1CCC1. The van der Waals surface area contributed by atoms with Crippen molar-refractivity contribution in [2.24, 2.45) is 0 Å². The van der Waals surface area contributed by atoms with Gasteiger partial charge in [-0.05, 0) is 19.8 Å². The largest absolute Gasteiger partial charge is 0.435 e. The van der Waals surface area contributed by atoms with Crippen LogP contribution in [-0.4, -0.2) is 24.6 Å². The standard InChI is InChI=1S/C12H18N2O4S/c1-7(2)12-13-8(3)10(18-12)11(15)14-19(16,17)9-5-4-6-9/h7,9H,4-6H2,1-3H3,(H,14,15). The van der Waals surface area contributed by atoms with Crippen molar-refractivity contribution in [2.75, 3.05) is 0 Å². The van der Waals surface area contributed by atoms with Crippen molar-refractivity contribution in [3.63, 3.8) is 0 Å². The second-order valence-corrected chi connectivity index (χ2v) is 7.11. The van der Waals surface area contributed by atoms with Crippen LogP contribution in [-0.2, 0) is 10.0 Å². The maximum atomic E-state index is 11.9. The van der Waals surface area contributed by atoms with E-state index in [2.05, 4.69) is 9.71 Å². The molecule has 1 fully saturated rings. The Hall–Kier alpha value is -1.37. The van der Waals surface area contributed by atoms with Gasteiger partial charge in [0.15, 0.2) is 5.89 Å². The lowest BCUT2D eigenvalue weighted by atomic mass is 10.0. The predicted molar refractivity (Wildman–Crippen MR) is 69.4 cm³/mol. The van der Waals surface area contributed by atoms with Gasteiger partial charge in [-0.1, -0.05) is 20.3 Å². The normalized spacial score (nSPS) is 16.4. The molecule has 1 saturated carbocycles. The van der Waals surface area contributed by atoms with Gasteiger partial charge in [0.1, 0.15) is 0 Å². The van der Waals surface area contributed by atoms with Gasteiger partial charge in [-0.2, -0.15) is 0 Å². The smallest absolute Gasteiger partial charge is 0.302 e. The minimum absolute atomic E-state index is 0.0217. The number of aryl methyl sites for hydroxylation is 1. The van der Waals surface area contributed by atoms with Gasteiger partial charge >= 0.3 is 5.91 Å². The molecule has 7 heteroatoms. The highest BCUT2D eigenvalue weighted by molar-refractivity contribution is 7.90. The predicted octanol–water partition coefficient (Wildman–Crippen LogP) is 1.72. The third-order valence-corrected chi connectivity index (χ3v) is 5.06. The average Bonchev–Trinajstić information content (AvgIpc) is 2.55. The number of hydrogen-bond acceptors (Lipinski definition) is 5. The molecule has 0 bridgehead atoms. The van der Waals surface area contributed by atoms with E-state index in [9.17, 15) is 13.2 Å². The second kappa shape index (κ2) is 4.96. The topological polar surface area (TPSA) is 89.3 Å². The summed E-state index contributed by atoms with van der Waals surface area (Å²) >= 11 is 0. The van der Waals surface area contributed by atoms with Gasteiger partial charge in [0.2, 0.25) is 15.8 Å². The lowest BCUT2D eigenvalue weighted by molar-refractivity contribution is 0.0950. The molecule has 0 spiro atoms. The molecule has 19 heavy (non-hydrogen) atoms. The Balaban J connectivity index is 2.16. The van der Waals surface area contributed by atoms with Crippen molar-refractivity contribution >= 4 is 15.9 Å². The second-order valence-electron chi connectivity index (χ2n) is 5.15. The molecular weight excluding hydrogens is 268 g/mol. The number of nitrogens with one attached hydrogen (secondary N) is 1. The Morgan fingerprint density at radius 2 is 2.05 bits per heavy atom. The van der Waals surface area contributed by atoms with Gasteiger partial charge < -0.3 is 4.42 Å². The number of nitrogens with zero attached hydrogens (tertiary/aromatic N) is 1. The first-order chi connectivity index (χ1) is 8.81. The summed E-state index contributed by atoms with van der Waals surface area (Å²) in [6, 6.07) is 0. The number of amides is 1. The highest BCUT2D eigenvalue weighted by Crippen LogP contribution is 2.26. The van der Waals surface area contributed by atoms with E-state index in [1.54, 1.807) is 6.92 Å². The van der Waals surface area contributed by atoms with E-state index >= 15 is 0 Å². The fourth-order valence-electron chi connectivity index (χ4n) is 1.81. The number of aromatic nitrogens is 1. The molecule has 0 atom stereocenters. The van der Waals surface area contributed by atoms with E-state index in [1.807, 2.05) is 13.8 Å². The van der Waals surface area contributed by atoms with E-state index in [-0.39, 0.29) is 11.7 Å². The Morgan fingerprint density at radius 3 is 2.47 bits per heavy atom. The van der Waals surface area contributed by atoms with Gasteiger partial charge in [-0.15, -0.1) is 0 Å². The highest BCUT2D eigenvalue weighted by atomic mass is 32.2. The third kappa shape index (κ3) is 2.80. The molecule has 0 saturated heterocycles. The van der Waals surface area contributed by atoms with Crippen molar-refractivity contribution in [2.45, 2.75) is 51.2 Å². The quantitative estimate of drug-likeness (QED) is 0.910. The first-order valence-corrected chi connectivity index (χ1v) is 7.89. The number of sulfonamides is 1. The molecule has 0 radical (unpaired) electrons. The summed E-state index contributed by atoms with van der Waals surface area (Å²) in [4.78, 5) is 16.1. The molecule has 6 nitrogen and oxygen atoms in total. The summed E-state index contributed by atoms with van der Waals surface area (Å²) in [5, 5.41) is -0.454. The number of oxazole rings is 1. The van der Waals surface area contributed by atoms with Crippen LogP contribution in [0.5, 0.6) is 0 Å². The molecule has 106 valence electrons. The monoisotopic (exact) mass is 286 g/mol. The van der Waals surface area contributed by atoms with Crippen LogP contribution in [0.15, 0.2) is 4.42 Å². The molecule has 0 unspecified atom stereocenters. The molecule has 1 amide bonds. The van der Waals surface area contributed by atoms with Crippen molar-refractivity contribution in [3.8, 4) is 0 Å². The number of carbonyl (C=O) groups excluding carboxylic acids is 1. The van der Waals surface area contributed by atoms with Crippen LogP contribution in [0.1, 0.15) is 61.2 Å². The zero-order valence-electron chi connectivity index (χ0n) is 11.3. The van der Waals surface area contributed by atoms with E-state index in [4.69, 9.17) is 4.42 Å². The van der Waals surface area contributed by atoms with E-state index in [1.165, 1.54) is 0 Å². The lowest BCUT2D eigenvalue weighted by Gasteiger charge is -2.24. The van der Waals surface area contributed by atoms with Crippen LogP contribution in [0.4, 0.5) is 0 Å². The van der Waals surface area contributed by atoms with E-state index in [0.717, 1.165) is 6.42 Å². The number of carbonyl (C=O) groups is 1. The van der Waals surface area contributed by atoms with Crippen LogP contribution in [0.2, 0.25) is 0 Å². The number of rotatable bonds is 4. The molecule has 0 aliphatic heterocycles. The molecule has 1 aliphatic rings. The van der Waals surface area contributed by atoms with E-state index < -0.39 is 21.2 Å². The Kier molecular flexibility index (Phi) is 3.66. The zero-order valence-corrected chi connectivity index (χ0v) is 12.1. The molecule has 2 rings (SSSR count). The molecule has 1 aromatic heterocycles. The van der Waals surface area contributed by atoms with E-state index in [0.29, 0.717) is 24.4 Å². The Morgan fingerprint density at radius 1 is 1.42 bits per heavy atom. The molecular formula is C12H18N2O4S. The summed E-state index contributed by atoms with van der Waals surface area (Å²) < 4.78 is 31.1. The van der Waals surface area contributed by atoms with Crippen molar-refractivity contribution in [1.82, 2.24) is 9.71 Å². The fourth-order valence-corrected chi connectivity index (χ4v) is 3.29. The zero-order chi connectivity index (χ0) is 14.2. The van der Waals surface area contributed by atoms with Crippen LogP contribution in [0, 0.1) is 6.92 Å². The molecule has 1 N–H and O–H groups in total. The summed E-state index contributed by atoms with van der Waals surface area (Å²) in [5.41, 5.74) is 0.407. The summed E-state index contributed by atoms with van der Waals surface area (Å²) in [7, 11) is -3.59. The van der Waals surface area contributed by atoms with Gasteiger partial charge in [0, 0.05) is 5.92 Å². The van der Waals surface area contributed by atoms with Gasteiger partial charge in [0.25, 0.3) is 0 Å². The lowest BCUT2D eigenvalue weighted by Crippen LogP contribution is -2.41. The van der Waals surface area contributed by atoms with Crippen molar-refractivity contribution < 1.29 is 17.6 Å². The minimum atomic E-state index is -3.59.